The van der Waals surface area contributed by atoms with Crippen LogP contribution < -0.4 is 18.9 Å². The molecule has 1 atom stereocenters. The van der Waals surface area contributed by atoms with Crippen molar-refractivity contribution in [1.82, 2.24) is 5.16 Å². The number of hydrogen-bond acceptors (Lipinski definition) is 8. The third-order valence-electron chi connectivity index (χ3n) is 5.61. The monoisotopic (exact) mass is 446 g/mol. The number of rotatable bonds is 6. The molecule has 10 heteroatoms. The Morgan fingerprint density at radius 3 is 2.61 bits per heavy atom. The molecular weight excluding hydrogens is 424 g/mol. The van der Waals surface area contributed by atoms with E-state index in [0.717, 1.165) is 37.0 Å². The molecule has 1 aromatic heterocycles. The Kier molecular flexibility index (Phi) is 4.90. The van der Waals surface area contributed by atoms with Gasteiger partial charge in [-0.05, 0) is 36.6 Å². The lowest BCUT2D eigenvalue weighted by atomic mass is 9.96. The molecule has 164 valence electrons. The number of fused-ring (bicyclic) bond motifs is 3. The minimum atomic E-state index is -4.11. The summed E-state index contributed by atoms with van der Waals surface area (Å²) in [5, 5.41) is 4.49. The summed E-state index contributed by atoms with van der Waals surface area (Å²) in [6.07, 6.45) is 2.64. The van der Waals surface area contributed by atoms with Crippen molar-refractivity contribution >= 4 is 26.8 Å². The molecule has 1 fully saturated rings. The fourth-order valence-corrected chi connectivity index (χ4v) is 5.57. The van der Waals surface area contributed by atoms with Crippen LogP contribution in [0.2, 0.25) is 0 Å². The molecule has 0 amide bonds. The minimum absolute atomic E-state index is 0.0112. The van der Waals surface area contributed by atoms with Gasteiger partial charge < -0.3 is 23.5 Å². The molecule has 1 N–H and O–H groups in total. The topological polar surface area (TPSA) is 109 Å². The van der Waals surface area contributed by atoms with Gasteiger partial charge in [-0.1, -0.05) is 11.2 Å². The van der Waals surface area contributed by atoms with E-state index in [2.05, 4.69) is 9.88 Å². The van der Waals surface area contributed by atoms with Gasteiger partial charge in [-0.15, -0.1) is 0 Å². The van der Waals surface area contributed by atoms with Crippen molar-refractivity contribution in [2.24, 2.45) is 0 Å². The van der Waals surface area contributed by atoms with E-state index >= 15 is 0 Å². The van der Waals surface area contributed by atoms with Crippen LogP contribution in [0.15, 0.2) is 33.7 Å². The third-order valence-corrected chi connectivity index (χ3v) is 7.01. The van der Waals surface area contributed by atoms with Crippen molar-refractivity contribution in [1.29, 1.82) is 0 Å². The van der Waals surface area contributed by atoms with Crippen LogP contribution in [0.3, 0.4) is 0 Å². The number of nitrogens with one attached hydrogen (secondary N) is 1. The zero-order valence-corrected chi connectivity index (χ0v) is 18.0. The molecule has 0 bridgehead atoms. The van der Waals surface area contributed by atoms with Crippen LogP contribution in [0.4, 0.5) is 5.82 Å². The van der Waals surface area contributed by atoms with Crippen LogP contribution in [0.5, 0.6) is 17.2 Å². The number of sulfonamides is 1. The van der Waals surface area contributed by atoms with Gasteiger partial charge >= 0.3 is 0 Å². The van der Waals surface area contributed by atoms with Gasteiger partial charge in [0.1, 0.15) is 22.6 Å². The van der Waals surface area contributed by atoms with E-state index in [1.54, 1.807) is 18.2 Å². The summed E-state index contributed by atoms with van der Waals surface area (Å²) < 4.78 is 56.8. The molecule has 31 heavy (non-hydrogen) atoms. The lowest BCUT2D eigenvalue weighted by Gasteiger charge is -2.15. The van der Waals surface area contributed by atoms with Gasteiger partial charge in [0.2, 0.25) is 0 Å². The Hall–Kier alpha value is -2.98. The molecule has 2 aromatic carbocycles. The fraction of sp³-hybridized carbons (Fsp3) is 0.381. The summed E-state index contributed by atoms with van der Waals surface area (Å²) in [7, 11) is -1.32. The SMILES string of the molecule is COc1cccc(OC)c1S(=O)(=O)Nc1noc2cc(C3CCCO3)c3c(c12)OCC3. The van der Waals surface area contributed by atoms with E-state index in [9.17, 15) is 8.42 Å². The first kappa shape index (κ1) is 20.0. The van der Waals surface area contributed by atoms with Crippen LogP contribution in [-0.4, -0.2) is 41.0 Å². The Labute approximate surface area is 179 Å². The molecule has 0 radical (unpaired) electrons. The Morgan fingerprint density at radius 2 is 1.94 bits per heavy atom. The lowest BCUT2D eigenvalue weighted by molar-refractivity contribution is 0.111. The molecule has 9 nitrogen and oxygen atoms in total. The van der Waals surface area contributed by atoms with E-state index in [-0.39, 0.29) is 28.3 Å². The van der Waals surface area contributed by atoms with Crippen LogP contribution >= 0.6 is 0 Å². The van der Waals surface area contributed by atoms with Crippen LogP contribution in [0, 0.1) is 0 Å². The Balaban J connectivity index is 1.61. The average Bonchev–Trinajstić information content (AvgIpc) is 3.52. The zero-order chi connectivity index (χ0) is 21.6. The standard InChI is InChI=1S/C21H22N2O7S/c1-26-15-5-3-6-16(27-2)20(15)31(24,25)23-21-18-17(30-22-21)11-13(14-7-4-9-28-14)12-8-10-29-19(12)18/h3,5-6,11,14H,4,7-10H2,1-2H3,(H,22,23). The van der Waals surface area contributed by atoms with Gasteiger partial charge in [0, 0.05) is 18.6 Å². The summed E-state index contributed by atoms with van der Waals surface area (Å²) >= 11 is 0. The molecule has 0 aliphatic carbocycles. The van der Waals surface area contributed by atoms with Gasteiger partial charge in [0.05, 0.1) is 26.9 Å². The van der Waals surface area contributed by atoms with Gasteiger partial charge in [0.15, 0.2) is 16.3 Å². The molecule has 1 unspecified atom stereocenters. The highest BCUT2D eigenvalue weighted by molar-refractivity contribution is 7.93. The summed E-state index contributed by atoms with van der Waals surface area (Å²) in [4.78, 5) is -0.121. The first-order chi connectivity index (χ1) is 15.0. The van der Waals surface area contributed by atoms with Gasteiger partial charge in [0.25, 0.3) is 10.0 Å². The molecule has 0 spiro atoms. The molecule has 2 aliphatic heterocycles. The number of benzene rings is 2. The number of anilines is 1. The highest BCUT2D eigenvalue weighted by atomic mass is 32.2. The summed E-state index contributed by atoms with van der Waals surface area (Å²) in [6, 6.07) is 6.63. The molecule has 2 aliphatic rings. The Bertz CT molecular complexity index is 1220. The van der Waals surface area contributed by atoms with Crippen LogP contribution in [-0.2, 0) is 21.2 Å². The normalized spacial score (nSPS) is 18.1. The van der Waals surface area contributed by atoms with Crippen molar-refractivity contribution in [3.8, 4) is 17.2 Å². The maximum Gasteiger partial charge on any atom is 0.270 e. The number of ether oxygens (including phenoxy) is 4. The Morgan fingerprint density at radius 1 is 1.16 bits per heavy atom. The van der Waals surface area contributed by atoms with Crippen LogP contribution in [0.1, 0.15) is 30.1 Å². The summed E-state index contributed by atoms with van der Waals surface area (Å²) in [5.41, 5.74) is 2.48. The molecule has 3 heterocycles. The van der Waals surface area contributed by atoms with Crippen molar-refractivity contribution in [3.05, 3.63) is 35.4 Å². The molecule has 1 saturated heterocycles. The average molecular weight is 446 g/mol. The van der Waals surface area contributed by atoms with E-state index in [1.807, 2.05) is 6.07 Å². The van der Waals surface area contributed by atoms with E-state index in [4.69, 9.17) is 23.5 Å². The molecule has 3 aromatic rings. The predicted octanol–water partition coefficient (Wildman–Crippen LogP) is 3.43. The van der Waals surface area contributed by atoms with Gasteiger partial charge in [-0.3, -0.25) is 4.72 Å². The van der Waals surface area contributed by atoms with Crippen LogP contribution in [0.25, 0.3) is 11.0 Å². The first-order valence-electron chi connectivity index (χ1n) is 9.97. The van der Waals surface area contributed by atoms with Crippen molar-refractivity contribution < 1.29 is 31.9 Å². The third kappa shape index (κ3) is 3.26. The maximum atomic E-state index is 13.3. The minimum Gasteiger partial charge on any atom is -0.495 e. The maximum absolute atomic E-state index is 13.3. The second kappa shape index (κ2) is 7.61. The number of nitrogens with zero attached hydrogens (tertiary/aromatic N) is 1. The van der Waals surface area contributed by atoms with Crippen molar-refractivity contribution in [2.45, 2.75) is 30.3 Å². The molecular formula is C21H22N2O7S. The lowest BCUT2D eigenvalue weighted by Crippen LogP contribution is -2.15. The highest BCUT2D eigenvalue weighted by Crippen LogP contribution is 2.45. The largest absolute Gasteiger partial charge is 0.495 e. The second-order valence-corrected chi connectivity index (χ2v) is 8.99. The van der Waals surface area contributed by atoms with Gasteiger partial charge in [-0.25, -0.2) is 8.42 Å². The quantitative estimate of drug-likeness (QED) is 0.613. The predicted molar refractivity (Wildman–Crippen MR) is 111 cm³/mol. The zero-order valence-electron chi connectivity index (χ0n) is 17.1. The van der Waals surface area contributed by atoms with Gasteiger partial charge in [-0.2, -0.15) is 0 Å². The summed E-state index contributed by atoms with van der Waals surface area (Å²) in [6.45, 7) is 1.23. The van der Waals surface area contributed by atoms with Crippen molar-refractivity contribution in [2.75, 3.05) is 32.2 Å². The van der Waals surface area contributed by atoms with E-state index in [0.29, 0.717) is 23.3 Å². The number of aromatic nitrogens is 1. The smallest absolute Gasteiger partial charge is 0.270 e. The number of hydrogen-bond donors (Lipinski definition) is 1. The van der Waals surface area contributed by atoms with Crippen molar-refractivity contribution in [3.63, 3.8) is 0 Å². The second-order valence-electron chi connectivity index (χ2n) is 7.38. The highest BCUT2D eigenvalue weighted by Gasteiger charge is 2.32. The van der Waals surface area contributed by atoms with E-state index < -0.39 is 10.0 Å². The fourth-order valence-electron chi connectivity index (χ4n) is 4.24. The molecule has 0 saturated carbocycles. The molecule has 5 rings (SSSR count). The summed E-state index contributed by atoms with van der Waals surface area (Å²) in [5.74, 6) is 0.956. The number of methoxy groups -OCH3 is 2. The van der Waals surface area contributed by atoms with E-state index in [1.165, 1.54) is 14.2 Å². The first-order valence-corrected chi connectivity index (χ1v) is 11.4.